The third kappa shape index (κ3) is 2.72. The number of nitro groups is 1. The van der Waals surface area contributed by atoms with Crippen LogP contribution in [0.3, 0.4) is 0 Å². The monoisotopic (exact) mass is 245 g/mol. The molecule has 0 heterocycles. The summed E-state index contributed by atoms with van der Waals surface area (Å²) in [6, 6.07) is 4.19. The molecule has 0 radical (unpaired) electrons. The van der Waals surface area contributed by atoms with Crippen molar-refractivity contribution in [2.24, 2.45) is 0 Å². The molecular weight excluding hydrogens is 241 g/mol. The number of nitriles is 1. The third-order valence-electron chi connectivity index (χ3n) is 1.58. The number of hydrogen-bond donors (Lipinski definition) is 1. The van der Waals surface area contributed by atoms with E-state index < -0.39 is 4.92 Å². The zero-order valence-electron chi connectivity index (χ0n) is 7.33. The average Bonchev–Trinajstić information content (AvgIpc) is 2.16. The van der Waals surface area contributed by atoms with Crippen LogP contribution in [0.1, 0.15) is 0 Å². The van der Waals surface area contributed by atoms with Gasteiger partial charge in [-0.05, 0) is 0 Å². The van der Waals surface area contributed by atoms with Crippen molar-refractivity contribution >= 4 is 34.6 Å². The molecule has 1 aromatic rings. The molecule has 0 unspecified atom stereocenters. The maximum absolute atomic E-state index is 10.4. The van der Waals surface area contributed by atoms with E-state index in [1.165, 1.54) is 12.1 Å². The molecule has 78 valence electrons. The molecule has 1 aromatic carbocycles. The second-order valence-corrected chi connectivity index (χ2v) is 3.37. The van der Waals surface area contributed by atoms with Gasteiger partial charge in [0, 0.05) is 12.1 Å². The van der Waals surface area contributed by atoms with Crippen LogP contribution in [0.25, 0.3) is 0 Å². The third-order valence-corrected chi connectivity index (χ3v) is 2.18. The minimum Gasteiger partial charge on any atom is -0.370 e. The Morgan fingerprint density at radius 2 is 2.00 bits per heavy atom. The van der Waals surface area contributed by atoms with Gasteiger partial charge in [0.15, 0.2) is 0 Å². The van der Waals surface area contributed by atoms with E-state index in [-0.39, 0.29) is 22.3 Å². The van der Waals surface area contributed by atoms with Crippen molar-refractivity contribution in [3.63, 3.8) is 0 Å². The summed E-state index contributed by atoms with van der Waals surface area (Å²) in [5.74, 6) is 0. The van der Waals surface area contributed by atoms with Crippen molar-refractivity contribution in [2.75, 3.05) is 11.9 Å². The number of anilines is 1. The Hall–Kier alpha value is -1.51. The van der Waals surface area contributed by atoms with Gasteiger partial charge in [0.2, 0.25) is 0 Å². The van der Waals surface area contributed by atoms with Crippen LogP contribution in [0.2, 0.25) is 10.0 Å². The summed E-state index contributed by atoms with van der Waals surface area (Å²) in [5.41, 5.74) is 0.137. The molecule has 1 rings (SSSR count). The molecule has 0 spiro atoms. The molecule has 5 nitrogen and oxygen atoms in total. The summed E-state index contributed by atoms with van der Waals surface area (Å²) in [6.07, 6.45) is 0. The predicted molar refractivity (Wildman–Crippen MR) is 57.2 cm³/mol. The van der Waals surface area contributed by atoms with Crippen LogP contribution in [0.5, 0.6) is 0 Å². The number of nitrogens with one attached hydrogen (secondary N) is 1. The van der Waals surface area contributed by atoms with Crippen molar-refractivity contribution in [3.05, 3.63) is 32.3 Å². The molecule has 0 saturated heterocycles. The highest BCUT2D eigenvalue weighted by Crippen LogP contribution is 2.34. The molecule has 0 aliphatic rings. The number of halogens is 2. The van der Waals surface area contributed by atoms with E-state index in [0.29, 0.717) is 5.69 Å². The Labute approximate surface area is 95.4 Å². The van der Waals surface area contributed by atoms with Gasteiger partial charge in [-0.2, -0.15) is 5.26 Å². The number of nitrogens with zero attached hydrogens (tertiary/aromatic N) is 2. The van der Waals surface area contributed by atoms with E-state index in [9.17, 15) is 10.1 Å². The van der Waals surface area contributed by atoms with Crippen LogP contribution in [0, 0.1) is 21.4 Å². The van der Waals surface area contributed by atoms with Crippen LogP contribution in [0.15, 0.2) is 12.1 Å². The molecule has 0 aromatic heterocycles. The van der Waals surface area contributed by atoms with Gasteiger partial charge in [-0.15, -0.1) is 0 Å². The van der Waals surface area contributed by atoms with Gasteiger partial charge in [-0.1, -0.05) is 23.2 Å². The van der Waals surface area contributed by atoms with E-state index in [1.54, 1.807) is 0 Å². The average molecular weight is 246 g/mol. The number of benzene rings is 1. The molecule has 0 atom stereocenters. The van der Waals surface area contributed by atoms with Gasteiger partial charge >= 0.3 is 0 Å². The molecule has 7 heteroatoms. The lowest BCUT2D eigenvalue weighted by molar-refractivity contribution is -0.384. The van der Waals surface area contributed by atoms with Crippen LogP contribution in [-0.2, 0) is 0 Å². The first-order valence-electron chi connectivity index (χ1n) is 3.80. The Balaban J connectivity index is 3.11. The number of non-ortho nitro benzene ring substituents is 1. The first kappa shape index (κ1) is 11.6. The highest BCUT2D eigenvalue weighted by Gasteiger charge is 2.13. The SMILES string of the molecule is N#CCNc1c(Cl)cc([N+](=O)[O-])cc1Cl. The molecule has 1 N–H and O–H groups in total. The van der Waals surface area contributed by atoms with E-state index in [2.05, 4.69) is 5.32 Å². The quantitative estimate of drug-likeness (QED) is 0.505. The van der Waals surface area contributed by atoms with Gasteiger partial charge in [-0.25, -0.2) is 0 Å². The zero-order chi connectivity index (χ0) is 11.4. The van der Waals surface area contributed by atoms with Crippen molar-refractivity contribution < 1.29 is 4.92 Å². The summed E-state index contributed by atoms with van der Waals surface area (Å²) in [7, 11) is 0. The predicted octanol–water partition coefficient (Wildman–Crippen LogP) is 2.84. The summed E-state index contributed by atoms with van der Waals surface area (Å²) in [5, 5.41) is 21.7. The van der Waals surface area contributed by atoms with E-state index in [1.807, 2.05) is 6.07 Å². The van der Waals surface area contributed by atoms with Gasteiger partial charge in [0.1, 0.15) is 6.54 Å². The molecule has 0 fully saturated rings. The van der Waals surface area contributed by atoms with E-state index in [0.717, 1.165) is 0 Å². The second kappa shape index (κ2) is 4.82. The molecule has 0 aliphatic heterocycles. The highest BCUT2D eigenvalue weighted by molar-refractivity contribution is 6.39. The van der Waals surface area contributed by atoms with Crippen LogP contribution < -0.4 is 5.32 Å². The Kier molecular flexibility index (Phi) is 3.72. The highest BCUT2D eigenvalue weighted by atomic mass is 35.5. The fourth-order valence-electron chi connectivity index (χ4n) is 0.962. The van der Waals surface area contributed by atoms with E-state index in [4.69, 9.17) is 28.5 Å². The smallest absolute Gasteiger partial charge is 0.272 e. The molecule has 0 amide bonds. The lowest BCUT2D eigenvalue weighted by Gasteiger charge is -2.06. The van der Waals surface area contributed by atoms with E-state index >= 15 is 0 Å². The normalized spacial score (nSPS) is 9.40. The minimum absolute atomic E-state index is 0.0251. The Morgan fingerprint density at radius 1 is 1.47 bits per heavy atom. The first-order chi connectivity index (χ1) is 7.06. The maximum Gasteiger partial charge on any atom is 0.272 e. The fourth-order valence-corrected chi connectivity index (χ4v) is 1.57. The molecule has 0 aliphatic carbocycles. The van der Waals surface area contributed by atoms with Crippen molar-refractivity contribution in [1.82, 2.24) is 0 Å². The molecule has 0 saturated carbocycles. The van der Waals surface area contributed by atoms with Gasteiger partial charge in [0.25, 0.3) is 5.69 Å². The van der Waals surface area contributed by atoms with Crippen LogP contribution in [-0.4, -0.2) is 11.5 Å². The number of hydrogen-bond acceptors (Lipinski definition) is 4. The van der Waals surface area contributed by atoms with Crippen molar-refractivity contribution in [3.8, 4) is 6.07 Å². The standard InChI is InChI=1S/C8H5Cl2N3O2/c9-6-3-5(13(14)15)4-7(10)8(6)12-2-1-11/h3-4,12H,2H2. The van der Waals surface area contributed by atoms with Crippen molar-refractivity contribution in [1.29, 1.82) is 5.26 Å². The van der Waals surface area contributed by atoms with Gasteiger partial charge in [-0.3, -0.25) is 10.1 Å². The molecule has 15 heavy (non-hydrogen) atoms. The largest absolute Gasteiger partial charge is 0.370 e. The summed E-state index contributed by atoms with van der Waals surface area (Å²) in [4.78, 5) is 9.85. The van der Waals surface area contributed by atoms with Crippen molar-refractivity contribution in [2.45, 2.75) is 0 Å². The fraction of sp³-hybridized carbons (Fsp3) is 0.125. The van der Waals surface area contributed by atoms with Gasteiger partial charge in [0.05, 0.1) is 26.7 Å². The summed E-state index contributed by atoms with van der Waals surface area (Å²) < 4.78 is 0. The number of nitro benzene ring substituents is 1. The Bertz CT molecular complexity index is 419. The Morgan fingerprint density at radius 3 is 2.40 bits per heavy atom. The molecule has 0 bridgehead atoms. The first-order valence-corrected chi connectivity index (χ1v) is 4.56. The van der Waals surface area contributed by atoms with Gasteiger partial charge < -0.3 is 5.32 Å². The number of rotatable bonds is 3. The second-order valence-electron chi connectivity index (χ2n) is 2.55. The maximum atomic E-state index is 10.4. The topological polar surface area (TPSA) is 79.0 Å². The summed E-state index contributed by atoms with van der Waals surface area (Å²) >= 11 is 11.5. The zero-order valence-corrected chi connectivity index (χ0v) is 8.84. The van der Waals surface area contributed by atoms with Crippen LogP contribution in [0.4, 0.5) is 11.4 Å². The minimum atomic E-state index is -0.591. The summed E-state index contributed by atoms with van der Waals surface area (Å²) in [6.45, 7) is 0.0251. The van der Waals surface area contributed by atoms with Crippen LogP contribution >= 0.6 is 23.2 Å². The lowest BCUT2D eigenvalue weighted by atomic mass is 10.3. The molecular formula is C8H5Cl2N3O2. The lowest BCUT2D eigenvalue weighted by Crippen LogP contribution is -2.00.